The number of aryl methyl sites for hydroxylation is 1. The van der Waals surface area contributed by atoms with Crippen molar-refractivity contribution in [2.75, 3.05) is 0 Å². The van der Waals surface area contributed by atoms with Crippen molar-refractivity contribution in [1.82, 2.24) is 0 Å². The molecule has 2 rings (SSSR count). The topological polar surface area (TPSA) is 33.0 Å². The van der Waals surface area contributed by atoms with Gasteiger partial charge in [-0.25, -0.2) is 0 Å². The predicted octanol–water partition coefficient (Wildman–Crippen LogP) is 4.92. The number of hydrogen-bond donors (Lipinski definition) is 0. The van der Waals surface area contributed by atoms with Gasteiger partial charge >= 0.3 is 0 Å². The standard InChI is InChI=1S/C18H18BrNO/c1-14(6-7-15-8-10-17(19)11-9-15)21-18-5-3-2-4-16(18)12-13-20/h2-5,8-11,14H,6-7,12H2,1H3. The van der Waals surface area contributed by atoms with E-state index in [2.05, 4.69) is 53.2 Å². The van der Waals surface area contributed by atoms with Crippen molar-refractivity contribution >= 4 is 15.9 Å². The number of nitriles is 1. The maximum atomic E-state index is 8.84. The molecule has 3 heteroatoms. The first-order valence-corrected chi connectivity index (χ1v) is 7.84. The zero-order valence-corrected chi connectivity index (χ0v) is 13.6. The highest BCUT2D eigenvalue weighted by Gasteiger charge is 2.08. The molecule has 0 radical (unpaired) electrons. The monoisotopic (exact) mass is 343 g/mol. The normalized spacial score (nSPS) is 11.7. The molecular weight excluding hydrogens is 326 g/mol. The SMILES string of the molecule is CC(CCc1ccc(Br)cc1)Oc1ccccc1CC#N. The van der Waals surface area contributed by atoms with Gasteiger partial charge in [0.25, 0.3) is 0 Å². The van der Waals surface area contributed by atoms with Gasteiger partial charge in [0, 0.05) is 10.0 Å². The van der Waals surface area contributed by atoms with Crippen LogP contribution in [0.2, 0.25) is 0 Å². The fourth-order valence-electron chi connectivity index (χ4n) is 2.15. The Morgan fingerprint density at radius 3 is 2.57 bits per heavy atom. The van der Waals surface area contributed by atoms with E-state index in [1.807, 2.05) is 24.3 Å². The predicted molar refractivity (Wildman–Crippen MR) is 88.3 cm³/mol. The number of para-hydroxylation sites is 1. The van der Waals surface area contributed by atoms with Crippen LogP contribution in [0.4, 0.5) is 0 Å². The van der Waals surface area contributed by atoms with Crippen molar-refractivity contribution in [3.63, 3.8) is 0 Å². The second-order valence-electron chi connectivity index (χ2n) is 5.04. The van der Waals surface area contributed by atoms with Gasteiger partial charge in [-0.1, -0.05) is 46.3 Å². The first-order chi connectivity index (χ1) is 10.2. The van der Waals surface area contributed by atoms with Gasteiger partial charge in [0.05, 0.1) is 18.6 Å². The third kappa shape index (κ3) is 4.91. The van der Waals surface area contributed by atoms with E-state index in [4.69, 9.17) is 10.00 Å². The summed E-state index contributed by atoms with van der Waals surface area (Å²) >= 11 is 3.44. The summed E-state index contributed by atoms with van der Waals surface area (Å²) in [5.74, 6) is 0.822. The lowest BCUT2D eigenvalue weighted by atomic mass is 10.1. The lowest BCUT2D eigenvalue weighted by Gasteiger charge is -2.16. The molecule has 0 N–H and O–H groups in total. The number of halogens is 1. The molecule has 0 aliphatic heterocycles. The van der Waals surface area contributed by atoms with Crippen LogP contribution in [0.15, 0.2) is 53.0 Å². The highest BCUT2D eigenvalue weighted by molar-refractivity contribution is 9.10. The van der Waals surface area contributed by atoms with Crippen LogP contribution in [0.1, 0.15) is 24.5 Å². The number of rotatable bonds is 6. The number of nitrogens with zero attached hydrogens (tertiary/aromatic N) is 1. The second kappa shape index (κ2) is 7.85. The van der Waals surface area contributed by atoms with Crippen LogP contribution in [-0.4, -0.2) is 6.10 Å². The van der Waals surface area contributed by atoms with Gasteiger partial charge in [-0.2, -0.15) is 5.26 Å². The van der Waals surface area contributed by atoms with Crippen molar-refractivity contribution in [2.45, 2.75) is 32.3 Å². The van der Waals surface area contributed by atoms with Gasteiger partial charge < -0.3 is 4.74 Å². The molecule has 0 saturated carbocycles. The van der Waals surface area contributed by atoms with Gasteiger partial charge in [0.1, 0.15) is 5.75 Å². The largest absolute Gasteiger partial charge is 0.490 e. The second-order valence-corrected chi connectivity index (χ2v) is 5.95. The number of benzene rings is 2. The average molecular weight is 344 g/mol. The summed E-state index contributed by atoms with van der Waals surface area (Å²) in [7, 11) is 0. The Morgan fingerprint density at radius 2 is 1.86 bits per heavy atom. The Balaban J connectivity index is 1.91. The van der Waals surface area contributed by atoms with E-state index in [0.717, 1.165) is 28.6 Å². The Labute approximate surface area is 134 Å². The summed E-state index contributed by atoms with van der Waals surface area (Å²) in [6.07, 6.45) is 2.43. The molecule has 0 amide bonds. The molecule has 0 aliphatic rings. The Hall–Kier alpha value is -1.79. The fraction of sp³-hybridized carbons (Fsp3) is 0.278. The van der Waals surface area contributed by atoms with Gasteiger partial charge in [-0.3, -0.25) is 0 Å². The Kier molecular flexibility index (Phi) is 5.83. The minimum atomic E-state index is 0.119. The molecule has 0 spiro atoms. The van der Waals surface area contributed by atoms with Gasteiger partial charge in [-0.15, -0.1) is 0 Å². The maximum Gasteiger partial charge on any atom is 0.123 e. The van der Waals surface area contributed by atoms with Gasteiger partial charge in [0.2, 0.25) is 0 Å². The van der Waals surface area contributed by atoms with E-state index in [9.17, 15) is 0 Å². The molecule has 0 aliphatic carbocycles. The third-order valence-electron chi connectivity index (χ3n) is 3.32. The van der Waals surface area contributed by atoms with E-state index < -0.39 is 0 Å². The van der Waals surface area contributed by atoms with E-state index >= 15 is 0 Å². The summed E-state index contributed by atoms with van der Waals surface area (Å²) < 4.78 is 7.08. The average Bonchev–Trinajstić information content (AvgIpc) is 2.49. The van der Waals surface area contributed by atoms with Gasteiger partial charge in [0.15, 0.2) is 0 Å². The molecule has 0 bridgehead atoms. The van der Waals surface area contributed by atoms with E-state index in [0.29, 0.717) is 6.42 Å². The van der Waals surface area contributed by atoms with Crippen LogP contribution < -0.4 is 4.74 Å². The molecule has 21 heavy (non-hydrogen) atoms. The molecule has 2 aromatic rings. The molecule has 1 atom stereocenters. The van der Waals surface area contributed by atoms with Crippen LogP contribution in [-0.2, 0) is 12.8 Å². The molecule has 1 unspecified atom stereocenters. The minimum absolute atomic E-state index is 0.119. The fourth-order valence-corrected chi connectivity index (χ4v) is 2.41. The molecular formula is C18H18BrNO. The van der Waals surface area contributed by atoms with Crippen LogP contribution in [0.25, 0.3) is 0 Å². The van der Waals surface area contributed by atoms with Crippen molar-refractivity contribution in [3.8, 4) is 11.8 Å². The van der Waals surface area contributed by atoms with Crippen LogP contribution in [0.5, 0.6) is 5.75 Å². The maximum absolute atomic E-state index is 8.84. The first kappa shape index (κ1) is 15.6. The van der Waals surface area contributed by atoms with Crippen molar-refractivity contribution < 1.29 is 4.74 Å². The van der Waals surface area contributed by atoms with Crippen molar-refractivity contribution in [1.29, 1.82) is 5.26 Å². The van der Waals surface area contributed by atoms with E-state index in [-0.39, 0.29) is 6.10 Å². The zero-order valence-electron chi connectivity index (χ0n) is 12.1. The highest BCUT2D eigenvalue weighted by atomic mass is 79.9. The van der Waals surface area contributed by atoms with Crippen LogP contribution >= 0.6 is 15.9 Å². The molecule has 0 heterocycles. The molecule has 2 nitrogen and oxygen atoms in total. The first-order valence-electron chi connectivity index (χ1n) is 7.05. The quantitative estimate of drug-likeness (QED) is 0.745. The smallest absolute Gasteiger partial charge is 0.123 e. The summed E-state index contributed by atoms with van der Waals surface area (Å²) in [6.45, 7) is 2.07. The Morgan fingerprint density at radius 1 is 1.14 bits per heavy atom. The zero-order chi connectivity index (χ0) is 15.1. The Bertz CT molecular complexity index is 616. The van der Waals surface area contributed by atoms with E-state index in [1.165, 1.54) is 5.56 Å². The molecule has 0 fully saturated rings. The molecule has 108 valence electrons. The molecule has 0 aromatic heterocycles. The minimum Gasteiger partial charge on any atom is -0.490 e. The summed E-state index contributed by atoms with van der Waals surface area (Å²) in [5, 5.41) is 8.84. The van der Waals surface area contributed by atoms with Crippen molar-refractivity contribution in [2.24, 2.45) is 0 Å². The third-order valence-corrected chi connectivity index (χ3v) is 3.85. The highest BCUT2D eigenvalue weighted by Crippen LogP contribution is 2.21. The van der Waals surface area contributed by atoms with E-state index in [1.54, 1.807) is 0 Å². The molecule has 0 saturated heterocycles. The number of ether oxygens (including phenoxy) is 1. The van der Waals surface area contributed by atoms with Crippen LogP contribution in [0, 0.1) is 11.3 Å². The molecule has 2 aromatic carbocycles. The van der Waals surface area contributed by atoms with Crippen molar-refractivity contribution in [3.05, 3.63) is 64.1 Å². The van der Waals surface area contributed by atoms with Crippen LogP contribution in [0.3, 0.4) is 0 Å². The van der Waals surface area contributed by atoms with Gasteiger partial charge in [-0.05, 0) is 43.5 Å². The lowest BCUT2D eigenvalue weighted by Crippen LogP contribution is -2.13. The lowest BCUT2D eigenvalue weighted by molar-refractivity contribution is 0.209. The summed E-state index contributed by atoms with van der Waals surface area (Å²) in [4.78, 5) is 0. The number of hydrogen-bond acceptors (Lipinski definition) is 2. The summed E-state index contributed by atoms with van der Waals surface area (Å²) in [6, 6.07) is 18.3. The summed E-state index contributed by atoms with van der Waals surface area (Å²) in [5.41, 5.74) is 2.26.